The van der Waals surface area contributed by atoms with Gasteiger partial charge < -0.3 is 15.5 Å². The van der Waals surface area contributed by atoms with Gasteiger partial charge in [-0.15, -0.1) is 0 Å². The Labute approximate surface area is 105 Å². The summed E-state index contributed by atoms with van der Waals surface area (Å²) in [5.74, 6) is -2.20. The normalized spacial score (nSPS) is 10.2. The van der Waals surface area contributed by atoms with E-state index in [0.29, 0.717) is 13.1 Å². The molecule has 0 aliphatic heterocycles. The second-order valence-electron chi connectivity index (χ2n) is 4.15. The zero-order valence-corrected chi connectivity index (χ0v) is 10.4. The van der Waals surface area contributed by atoms with Gasteiger partial charge in [0.1, 0.15) is 5.82 Å². The molecular formula is C12H17FN3O2+. The van der Waals surface area contributed by atoms with Crippen LogP contribution < -0.4 is 15.5 Å². The highest BCUT2D eigenvalue weighted by atomic mass is 19.1. The van der Waals surface area contributed by atoms with Crippen molar-refractivity contribution in [2.24, 2.45) is 0 Å². The van der Waals surface area contributed by atoms with E-state index in [1.165, 1.54) is 18.2 Å². The Bertz CT molecular complexity index is 435. The van der Waals surface area contributed by atoms with Gasteiger partial charge in [-0.2, -0.15) is 0 Å². The number of hydrogen-bond acceptors (Lipinski definition) is 2. The van der Waals surface area contributed by atoms with Crippen LogP contribution in [0.15, 0.2) is 24.3 Å². The van der Waals surface area contributed by atoms with Crippen molar-refractivity contribution in [3.8, 4) is 0 Å². The van der Waals surface area contributed by atoms with Crippen LogP contribution in [0.25, 0.3) is 0 Å². The molecule has 0 saturated heterocycles. The van der Waals surface area contributed by atoms with Crippen LogP contribution in [0.2, 0.25) is 0 Å². The summed E-state index contributed by atoms with van der Waals surface area (Å²) in [4.78, 5) is 24.0. The fourth-order valence-electron chi connectivity index (χ4n) is 1.25. The SMILES string of the molecule is C[NH+](C)CCNC(=O)C(=O)Nc1ccccc1F. The summed E-state index contributed by atoms with van der Waals surface area (Å²) in [6.45, 7) is 1.10. The van der Waals surface area contributed by atoms with Crippen LogP contribution in [0, 0.1) is 5.82 Å². The molecule has 0 heterocycles. The molecule has 0 radical (unpaired) electrons. The van der Waals surface area contributed by atoms with Crippen LogP contribution >= 0.6 is 0 Å². The number of benzene rings is 1. The van der Waals surface area contributed by atoms with Crippen LogP contribution in [0.3, 0.4) is 0 Å². The summed E-state index contributed by atoms with van der Waals surface area (Å²) >= 11 is 0. The van der Waals surface area contributed by atoms with Gasteiger partial charge in [-0.05, 0) is 12.1 Å². The molecule has 1 aromatic carbocycles. The lowest BCUT2D eigenvalue weighted by molar-refractivity contribution is -0.856. The Balaban J connectivity index is 2.46. The zero-order valence-electron chi connectivity index (χ0n) is 10.4. The third-order valence-electron chi connectivity index (χ3n) is 2.24. The summed E-state index contributed by atoms with van der Waals surface area (Å²) in [5.41, 5.74) is -0.00381. The van der Waals surface area contributed by atoms with Crippen molar-refractivity contribution < 1.29 is 18.9 Å². The predicted molar refractivity (Wildman–Crippen MR) is 65.7 cm³/mol. The topological polar surface area (TPSA) is 62.6 Å². The van der Waals surface area contributed by atoms with E-state index in [2.05, 4.69) is 10.6 Å². The molecular weight excluding hydrogens is 237 g/mol. The molecule has 0 atom stereocenters. The Morgan fingerprint density at radius 2 is 1.89 bits per heavy atom. The lowest BCUT2D eigenvalue weighted by Crippen LogP contribution is -3.06. The van der Waals surface area contributed by atoms with Crippen molar-refractivity contribution >= 4 is 17.5 Å². The molecule has 0 aliphatic carbocycles. The van der Waals surface area contributed by atoms with Gasteiger partial charge >= 0.3 is 11.8 Å². The fourth-order valence-corrected chi connectivity index (χ4v) is 1.25. The molecule has 6 heteroatoms. The summed E-state index contributed by atoms with van der Waals surface area (Å²) in [7, 11) is 3.87. The van der Waals surface area contributed by atoms with Crippen molar-refractivity contribution in [2.75, 3.05) is 32.5 Å². The summed E-state index contributed by atoms with van der Waals surface area (Å²) in [5, 5.41) is 4.67. The quantitative estimate of drug-likeness (QED) is 0.605. The number of rotatable bonds is 4. The Kier molecular flexibility index (Phi) is 5.26. The first-order chi connectivity index (χ1) is 8.50. The maximum Gasteiger partial charge on any atom is 0.313 e. The Hall–Kier alpha value is -1.95. The number of amides is 2. The minimum absolute atomic E-state index is 0.00381. The minimum atomic E-state index is -0.867. The molecule has 3 N–H and O–H groups in total. The highest BCUT2D eigenvalue weighted by Gasteiger charge is 2.14. The zero-order chi connectivity index (χ0) is 13.5. The van der Waals surface area contributed by atoms with E-state index in [-0.39, 0.29) is 5.69 Å². The molecule has 98 valence electrons. The first kappa shape index (κ1) is 14.1. The van der Waals surface area contributed by atoms with Crippen LogP contribution in [-0.4, -0.2) is 39.0 Å². The molecule has 0 spiro atoms. The second kappa shape index (κ2) is 6.70. The molecule has 0 saturated carbocycles. The first-order valence-electron chi connectivity index (χ1n) is 5.63. The summed E-state index contributed by atoms with van der Waals surface area (Å²) < 4.78 is 13.2. The number of carbonyl (C=O) groups excluding carboxylic acids is 2. The molecule has 1 aromatic rings. The minimum Gasteiger partial charge on any atom is -0.342 e. The molecule has 2 amide bonds. The molecule has 18 heavy (non-hydrogen) atoms. The van der Waals surface area contributed by atoms with E-state index in [0.717, 1.165) is 4.90 Å². The number of nitrogens with one attached hydrogen (secondary N) is 3. The molecule has 0 aromatic heterocycles. The lowest BCUT2D eigenvalue weighted by atomic mass is 10.3. The van der Waals surface area contributed by atoms with E-state index >= 15 is 0 Å². The largest absolute Gasteiger partial charge is 0.342 e. The monoisotopic (exact) mass is 254 g/mol. The number of halogens is 1. The number of anilines is 1. The summed E-state index contributed by atoms with van der Waals surface area (Å²) in [6.07, 6.45) is 0. The molecule has 1 rings (SSSR count). The number of para-hydroxylation sites is 1. The van der Waals surface area contributed by atoms with Gasteiger partial charge in [0.2, 0.25) is 0 Å². The van der Waals surface area contributed by atoms with Crippen molar-refractivity contribution in [3.05, 3.63) is 30.1 Å². The maximum atomic E-state index is 13.2. The highest BCUT2D eigenvalue weighted by molar-refractivity contribution is 6.39. The molecule has 0 aliphatic rings. The first-order valence-corrected chi connectivity index (χ1v) is 5.63. The van der Waals surface area contributed by atoms with E-state index < -0.39 is 17.6 Å². The third-order valence-corrected chi connectivity index (χ3v) is 2.24. The standard InChI is InChI=1S/C12H16FN3O2/c1-16(2)8-7-14-11(17)12(18)15-10-6-4-3-5-9(10)13/h3-6H,7-8H2,1-2H3,(H,14,17)(H,15,18)/p+1. The fraction of sp³-hybridized carbons (Fsp3) is 0.333. The number of carbonyl (C=O) groups is 2. The van der Waals surface area contributed by atoms with Crippen molar-refractivity contribution in [3.63, 3.8) is 0 Å². The lowest BCUT2D eigenvalue weighted by Gasteiger charge is -2.09. The smallest absolute Gasteiger partial charge is 0.313 e. The van der Waals surface area contributed by atoms with Gasteiger partial charge in [0.25, 0.3) is 0 Å². The van der Waals surface area contributed by atoms with Gasteiger partial charge in [0, 0.05) is 0 Å². The van der Waals surface area contributed by atoms with E-state index in [9.17, 15) is 14.0 Å². The van der Waals surface area contributed by atoms with Crippen molar-refractivity contribution in [1.82, 2.24) is 5.32 Å². The highest BCUT2D eigenvalue weighted by Crippen LogP contribution is 2.11. The van der Waals surface area contributed by atoms with Crippen LogP contribution in [0.4, 0.5) is 10.1 Å². The number of hydrogen-bond donors (Lipinski definition) is 3. The van der Waals surface area contributed by atoms with Crippen molar-refractivity contribution in [1.29, 1.82) is 0 Å². The molecule has 0 unspecified atom stereocenters. The average Bonchev–Trinajstić information content (AvgIpc) is 2.31. The van der Waals surface area contributed by atoms with Gasteiger partial charge in [-0.3, -0.25) is 9.59 Å². The van der Waals surface area contributed by atoms with Crippen LogP contribution in [0.5, 0.6) is 0 Å². The van der Waals surface area contributed by atoms with E-state index in [1.54, 1.807) is 6.07 Å². The van der Waals surface area contributed by atoms with Crippen molar-refractivity contribution in [2.45, 2.75) is 0 Å². The maximum absolute atomic E-state index is 13.2. The van der Waals surface area contributed by atoms with Gasteiger partial charge in [0.15, 0.2) is 0 Å². The predicted octanol–water partition coefficient (Wildman–Crippen LogP) is -0.975. The molecule has 0 bridgehead atoms. The second-order valence-corrected chi connectivity index (χ2v) is 4.15. The summed E-state index contributed by atoms with van der Waals surface area (Å²) in [6, 6.07) is 5.68. The third kappa shape index (κ3) is 4.50. The van der Waals surface area contributed by atoms with Crippen LogP contribution in [0.1, 0.15) is 0 Å². The number of likely N-dealkylation sites (N-methyl/N-ethyl adjacent to an activating group) is 1. The van der Waals surface area contributed by atoms with E-state index in [1.807, 2.05) is 14.1 Å². The number of quaternary nitrogens is 1. The Morgan fingerprint density at radius 3 is 2.50 bits per heavy atom. The molecule has 0 fully saturated rings. The van der Waals surface area contributed by atoms with Crippen LogP contribution in [-0.2, 0) is 9.59 Å². The van der Waals surface area contributed by atoms with Gasteiger partial charge in [-0.25, -0.2) is 4.39 Å². The average molecular weight is 254 g/mol. The van der Waals surface area contributed by atoms with Gasteiger partial charge in [-0.1, -0.05) is 12.1 Å². The van der Waals surface area contributed by atoms with E-state index in [4.69, 9.17) is 0 Å². The van der Waals surface area contributed by atoms with Gasteiger partial charge in [0.05, 0.1) is 32.9 Å². The Morgan fingerprint density at radius 1 is 1.22 bits per heavy atom. The molecule has 5 nitrogen and oxygen atoms in total.